The van der Waals surface area contributed by atoms with Crippen LogP contribution in [0.4, 0.5) is 0 Å². The molecule has 0 unspecified atom stereocenters. The van der Waals surface area contributed by atoms with E-state index in [1.54, 1.807) is 0 Å². The van der Waals surface area contributed by atoms with E-state index in [1.165, 1.54) is 5.56 Å². The van der Waals surface area contributed by atoms with Crippen LogP contribution in [0, 0.1) is 0 Å². The van der Waals surface area contributed by atoms with E-state index < -0.39 is 4.33 Å². The number of hydrogen-bond acceptors (Lipinski definition) is 1. The summed E-state index contributed by atoms with van der Waals surface area (Å²) in [6.45, 7) is 1.83. The smallest absolute Gasteiger partial charge is 0.133 e. The summed E-state index contributed by atoms with van der Waals surface area (Å²) in [5, 5.41) is 0.735. The largest absolute Gasteiger partial charge is 0.300 e. The van der Waals surface area contributed by atoms with Gasteiger partial charge in [-0.25, -0.2) is 0 Å². The van der Waals surface area contributed by atoms with Crippen LogP contribution in [0.15, 0.2) is 24.3 Å². The Morgan fingerprint density at radius 2 is 1.55 bits per heavy atom. The number of alkyl halides is 2. The number of aryl methyl sites for hydroxylation is 1. The maximum absolute atomic E-state index is 11.8. The van der Waals surface area contributed by atoms with Crippen molar-refractivity contribution in [3.8, 4) is 0 Å². The third-order valence-corrected chi connectivity index (χ3v) is 4.31. The van der Waals surface area contributed by atoms with E-state index in [4.69, 9.17) is 34.8 Å². The molecule has 1 rings (SSSR count). The van der Waals surface area contributed by atoms with Crippen molar-refractivity contribution in [2.45, 2.75) is 69.0 Å². The van der Waals surface area contributed by atoms with Crippen molar-refractivity contribution in [2.24, 2.45) is 0 Å². The Labute approximate surface area is 149 Å². The molecule has 0 amide bonds. The van der Waals surface area contributed by atoms with Crippen LogP contribution in [-0.4, -0.2) is 10.1 Å². The minimum atomic E-state index is -0.600. The van der Waals surface area contributed by atoms with Crippen molar-refractivity contribution in [1.82, 2.24) is 0 Å². The fourth-order valence-electron chi connectivity index (χ4n) is 2.35. The lowest BCUT2D eigenvalue weighted by atomic mass is 10.0. The molecule has 0 radical (unpaired) electrons. The molecule has 124 valence electrons. The standard InChI is InChI=1S/C18H25Cl3O/c1-18(20,21)14-6-4-2-3-5-7-17(22)13-10-15-8-11-16(19)12-9-15/h8-9,11-12H,2-7,10,13-14H2,1H3. The normalized spacial score (nSPS) is 11.6. The average Bonchev–Trinajstić information content (AvgIpc) is 2.44. The predicted octanol–water partition coefficient (Wildman–Crippen LogP) is 6.77. The summed E-state index contributed by atoms with van der Waals surface area (Å²) in [7, 11) is 0. The highest BCUT2D eigenvalue weighted by Gasteiger charge is 2.14. The van der Waals surface area contributed by atoms with Crippen LogP contribution in [0.5, 0.6) is 0 Å². The number of benzene rings is 1. The van der Waals surface area contributed by atoms with Gasteiger partial charge in [-0.15, -0.1) is 23.2 Å². The molecule has 0 aliphatic rings. The van der Waals surface area contributed by atoms with Gasteiger partial charge in [0.2, 0.25) is 0 Å². The fourth-order valence-corrected chi connectivity index (χ4v) is 2.74. The van der Waals surface area contributed by atoms with E-state index in [0.717, 1.165) is 50.0 Å². The molecule has 0 saturated carbocycles. The van der Waals surface area contributed by atoms with Gasteiger partial charge in [-0.05, 0) is 43.9 Å². The second-order valence-corrected chi connectivity index (χ2v) is 8.30. The van der Waals surface area contributed by atoms with Gasteiger partial charge < -0.3 is 0 Å². The van der Waals surface area contributed by atoms with Crippen molar-refractivity contribution >= 4 is 40.6 Å². The number of rotatable bonds is 11. The van der Waals surface area contributed by atoms with Crippen LogP contribution in [0.2, 0.25) is 5.02 Å². The van der Waals surface area contributed by atoms with Crippen molar-refractivity contribution in [3.63, 3.8) is 0 Å². The van der Waals surface area contributed by atoms with Gasteiger partial charge >= 0.3 is 0 Å². The lowest BCUT2D eigenvalue weighted by molar-refractivity contribution is -0.119. The van der Waals surface area contributed by atoms with Crippen LogP contribution in [-0.2, 0) is 11.2 Å². The molecule has 0 fully saturated rings. The number of ketones is 1. The van der Waals surface area contributed by atoms with E-state index in [1.807, 2.05) is 31.2 Å². The van der Waals surface area contributed by atoms with Gasteiger partial charge in [0.15, 0.2) is 0 Å². The van der Waals surface area contributed by atoms with Gasteiger partial charge in [0.25, 0.3) is 0 Å². The Kier molecular flexibility index (Phi) is 9.47. The minimum absolute atomic E-state index is 0.351. The van der Waals surface area contributed by atoms with Crippen molar-refractivity contribution in [1.29, 1.82) is 0 Å². The number of hydrogen-bond donors (Lipinski definition) is 0. The van der Waals surface area contributed by atoms with Crippen LogP contribution in [0.1, 0.15) is 63.9 Å². The minimum Gasteiger partial charge on any atom is -0.300 e. The van der Waals surface area contributed by atoms with Crippen molar-refractivity contribution < 1.29 is 4.79 Å². The van der Waals surface area contributed by atoms with E-state index in [0.29, 0.717) is 18.6 Å². The van der Waals surface area contributed by atoms with Crippen molar-refractivity contribution in [2.75, 3.05) is 0 Å². The molecular formula is C18H25Cl3O. The van der Waals surface area contributed by atoms with Gasteiger partial charge in [-0.3, -0.25) is 4.79 Å². The molecule has 0 spiro atoms. The quantitative estimate of drug-likeness (QED) is 0.313. The molecular weight excluding hydrogens is 339 g/mol. The zero-order valence-corrected chi connectivity index (χ0v) is 15.5. The molecule has 1 aromatic rings. The molecule has 0 saturated heterocycles. The van der Waals surface area contributed by atoms with Crippen LogP contribution >= 0.6 is 34.8 Å². The maximum Gasteiger partial charge on any atom is 0.133 e. The second-order valence-electron chi connectivity index (χ2n) is 6.00. The SMILES string of the molecule is CC(Cl)(Cl)CCCCCCCC(=O)CCc1ccc(Cl)cc1. The summed E-state index contributed by atoms with van der Waals surface area (Å²) in [4.78, 5) is 11.8. The summed E-state index contributed by atoms with van der Waals surface area (Å²) >= 11 is 17.7. The highest BCUT2D eigenvalue weighted by Crippen LogP contribution is 2.26. The monoisotopic (exact) mass is 362 g/mol. The first-order valence-electron chi connectivity index (χ1n) is 8.01. The first kappa shape index (κ1) is 19.8. The number of Topliss-reactive ketones (excluding diaryl/α,β-unsaturated/α-hetero) is 1. The summed E-state index contributed by atoms with van der Waals surface area (Å²) in [6, 6.07) is 7.70. The Bertz CT molecular complexity index is 435. The summed E-state index contributed by atoms with van der Waals surface area (Å²) in [5.74, 6) is 0.351. The molecule has 0 bridgehead atoms. The average molecular weight is 364 g/mol. The van der Waals surface area contributed by atoms with Gasteiger partial charge in [0.05, 0.1) is 0 Å². The van der Waals surface area contributed by atoms with Gasteiger partial charge in [0, 0.05) is 17.9 Å². The Balaban J connectivity index is 2.01. The highest BCUT2D eigenvalue weighted by atomic mass is 35.5. The first-order valence-corrected chi connectivity index (χ1v) is 9.14. The summed E-state index contributed by atoms with van der Waals surface area (Å²) in [5.41, 5.74) is 1.17. The van der Waals surface area contributed by atoms with Crippen LogP contribution in [0.25, 0.3) is 0 Å². The van der Waals surface area contributed by atoms with Gasteiger partial charge in [0.1, 0.15) is 10.1 Å². The predicted molar refractivity (Wildman–Crippen MR) is 97.2 cm³/mol. The Morgan fingerprint density at radius 1 is 0.955 bits per heavy atom. The zero-order chi connectivity index (χ0) is 16.4. The lowest BCUT2D eigenvalue weighted by Gasteiger charge is -2.11. The third-order valence-electron chi connectivity index (χ3n) is 3.68. The van der Waals surface area contributed by atoms with E-state index in [9.17, 15) is 4.79 Å². The van der Waals surface area contributed by atoms with Gasteiger partial charge in [-0.2, -0.15) is 0 Å². The Hall–Kier alpha value is -0.240. The molecule has 0 heterocycles. The van der Waals surface area contributed by atoms with E-state index in [-0.39, 0.29) is 0 Å². The summed E-state index contributed by atoms with van der Waals surface area (Å²) in [6.07, 6.45) is 8.37. The topological polar surface area (TPSA) is 17.1 Å². The van der Waals surface area contributed by atoms with E-state index >= 15 is 0 Å². The number of carbonyl (C=O) groups excluding carboxylic acids is 1. The maximum atomic E-state index is 11.8. The third kappa shape index (κ3) is 10.5. The van der Waals surface area contributed by atoms with Gasteiger partial charge in [-0.1, -0.05) is 49.4 Å². The molecule has 0 aliphatic heterocycles. The molecule has 0 atom stereocenters. The first-order chi connectivity index (χ1) is 10.4. The molecule has 22 heavy (non-hydrogen) atoms. The van der Waals surface area contributed by atoms with Crippen molar-refractivity contribution in [3.05, 3.63) is 34.9 Å². The van der Waals surface area contributed by atoms with Crippen LogP contribution in [0.3, 0.4) is 0 Å². The molecule has 4 heteroatoms. The fraction of sp³-hybridized carbons (Fsp3) is 0.611. The molecule has 1 nitrogen and oxygen atoms in total. The van der Waals surface area contributed by atoms with E-state index in [2.05, 4.69) is 0 Å². The molecule has 0 N–H and O–H groups in total. The summed E-state index contributed by atoms with van der Waals surface area (Å²) < 4.78 is -0.600. The lowest BCUT2D eigenvalue weighted by Crippen LogP contribution is -2.04. The highest BCUT2D eigenvalue weighted by molar-refractivity contribution is 6.48. The number of halogens is 3. The molecule has 0 aliphatic carbocycles. The molecule has 1 aromatic carbocycles. The zero-order valence-electron chi connectivity index (χ0n) is 13.2. The second kappa shape index (κ2) is 10.5. The molecule has 0 aromatic heterocycles. The number of carbonyl (C=O) groups is 1. The van der Waals surface area contributed by atoms with Crippen LogP contribution < -0.4 is 0 Å². The Morgan fingerprint density at radius 3 is 2.18 bits per heavy atom. The number of unbranched alkanes of at least 4 members (excludes halogenated alkanes) is 4.